The van der Waals surface area contributed by atoms with Crippen molar-refractivity contribution in [3.8, 4) is 0 Å². The molecule has 0 aromatic rings. The number of carboxylic acids is 1. The molecule has 3 N–H and O–H groups in total. The average molecular weight is 228 g/mol. The third-order valence-electron chi connectivity index (χ3n) is 2.70. The number of carbonyl (C=O) groups is 2. The molecule has 92 valence electrons. The summed E-state index contributed by atoms with van der Waals surface area (Å²) in [4.78, 5) is 21.6. The SMILES string of the molecule is CC(CCC(=O)O)NC(=O)NCCC1CC1. The second kappa shape index (κ2) is 6.35. The summed E-state index contributed by atoms with van der Waals surface area (Å²) in [6, 6.07) is -0.296. The maximum absolute atomic E-state index is 11.3. The minimum absolute atomic E-state index is 0.0868. The Hall–Kier alpha value is -1.26. The van der Waals surface area contributed by atoms with Crippen molar-refractivity contribution in [3.05, 3.63) is 0 Å². The van der Waals surface area contributed by atoms with E-state index in [9.17, 15) is 9.59 Å². The molecule has 0 radical (unpaired) electrons. The van der Waals surface area contributed by atoms with Gasteiger partial charge < -0.3 is 15.7 Å². The van der Waals surface area contributed by atoms with Crippen molar-refractivity contribution in [1.29, 1.82) is 0 Å². The van der Waals surface area contributed by atoms with Gasteiger partial charge in [-0.25, -0.2) is 4.79 Å². The van der Waals surface area contributed by atoms with Gasteiger partial charge in [-0.15, -0.1) is 0 Å². The maximum atomic E-state index is 11.3. The summed E-state index contributed by atoms with van der Waals surface area (Å²) in [5.41, 5.74) is 0. The van der Waals surface area contributed by atoms with Crippen molar-refractivity contribution in [1.82, 2.24) is 10.6 Å². The molecule has 0 aromatic carbocycles. The van der Waals surface area contributed by atoms with E-state index in [1.807, 2.05) is 6.92 Å². The third kappa shape index (κ3) is 6.27. The van der Waals surface area contributed by atoms with Gasteiger partial charge >= 0.3 is 12.0 Å². The first kappa shape index (κ1) is 12.8. The van der Waals surface area contributed by atoms with Crippen molar-refractivity contribution < 1.29 is 14.7 Å². The van der Waals surface area contributed by atoms with E-state index in [-0.39, 0.29) is 18.5 Å². The van der Waals surface area contributed by atoms with Gasteiger partial charge in [-0.3, -0.25) is 4.79 Å². The maximum Gasteiger partial charge on any atom is 0.314 e. The summed E-state index contributed by atoms with van der Waals surface area (Å²) in [6.45, 7) is 2.52. The van der Waals surface area contributed by atoms with E-state index < -0.39 is 5.97 Å². The van der Waals surface area contributed by atoms with Crippen LogP contribution in [0.3, 0.4) is 0 Å². The van der Waals surface area contributed by atoms with Crippen LogP contribution in [0, 0.1) is 5.92 Å². The lowest BCUT2D eigenvalue weighted by Gasteiger charge is -2.13. The Labute approximate surface area is 95.6 Å². The van der Waals surface area contributed by atoms with Crippen LogP contribution >= 0.6 is 0 Å². The second-order valence-electron chi connectivity index (χ2n) is 4.47. The summed E-state index contributed by atoms with van der Waals surface area (Å²) < 4.78 is 0. The van der Waals surface area contributed by atoms with Gasteiger partial charge in [0.05, 0.1) is 0 Å². The molecular formula is C11H20N2O3. The molecule has 0 aliphatic heterocycles. The molecule has 1 saturated carbocycles. The fourth-order valence-corrected chi connectivity index (χ4v) is 1.48. The Kier molecular flexibility index (Phi) is 5.08. The molecule has 0 heterocycles. The first-order chi connectivity index (χ1) is 7.58. The number of carbonyl (C=O) groups excluding carboxylic acids is 1. The van der Waals surface area contributed by atoms with Gasteiger partial charge in [0, 0.05) is 19.0 Å². The molecule has 1 atom stereocenters. The Balaban J connectivity index is 2.00. The lowest BCUT2D eigenvalue weighted by Crippen LogP contribution is -2.41. The fraction of sp³-hybridized carbons (Fsp3) is 0.818. The molecule has 5 heteroatoms. The average Bonchev–Trinajstić information content (AvgIpc) is 2.98. The van der Waals surface area contributed by atoms with Crippen LogP contribution in [0.4, 0.5) is 4.79 Å². The number of amides is 2. The summed E-state index contributed by atoms with van der Waals surface area (Å²) in [6.07, 6.45) is 4.18. The Bertz CT molecular complexity index is 252. The standard InChI is InChI=1S/C11H20N2O3/c1-8(2-5-10(14)15)13-11(16)12-7-6-9-3-4-9/h8-9H,2-7H2,1H3,(H,14,15)(H2,12,13,16). The predicted octanol–water partition coefficient (Wildman–Crippen LogP) is 1.34. The quantitative estimate of drug-likeness (QED) is 0.615. The number of hydrogen-bond acceptors (Lipinski definition) is 2. The topological polar surface area (TPSA) is 78.4 Å². The van der Waals surface area contributed by atoms with Gasteiger partial charge in [-0.05, 0) is 25.7 Å². The Morgan fingerprint density at radius 2 is 2.12 bits per heavy atom. The molecule has 16 heavy (non-hydrogen) atoms. The van der Waals surface area contributed by atoms with Crippen molar-refractivity contribution in [2.24, 2.45) is 5.92 Å². The van der Waals surface area contributed by atoms with E-state index in [0.29, 0.717) is 13.0 Å². The molecule has 1 aliphatic carbocycles. The monoisotopic (exact) mass is 228 g/mol. The Morgan fingerprint density at radius 3 is 2.69 bits per heavy atom. The molecule has 5 nitrogen and oxygen atoms in total. The molecular weight excluding hydrogens is 208 g/mol. The summed E-state index contributed by atoms with van der Waals surface area (Å²) in [5.74, 6) is -0.0208. The molecule has 1 unspecified atom stereocenters. The number of carboxylic acid groups (broad SMARTS) is 1. The van der Waals surface area contributed by atoms with Crippen LogP contribution in [0.5, 0.6) is 0 Å². The fourth-order valence-electron chi connectivity index (χ4n) is 1.48. The minimum Gasteiger partial charge on any atom is -0.481 e. The molecule has 2 amide bonds. The van der Waals surface area contributed by atoms with Gasteiger partial charge in [-0.1, -0.05) is 12.8 Å². The summed E-state index contributed by atoms with van der Waals surface area (Å²) in [7, 11) is 0. The molecule has 0 saturated heterocycles. The smallest absolute Gasteiger partial charge is 0.314 e. The molecule has 0 bridgehead atoms. The van der Waals surface area contributed by atoms with E-state index >= 15 is 0 Å². The minimum atomic E-state index is -0.831. The second-order valence-corrected chi connectivity index (χ2v) is 4.47. The first-order valence-electron chi connectivity index (χ1n) is 5.84. The van der Waals surface area contributed by atoms with E-state index in [1.165, 1.54) is 12.8 Å². The van der Waals surface area contributed by atoms with Gasteiger partial charge in [0.1, 0.15) is 0 Å². The molecule has 1 aliphatic rings. The van der Waals surface area contributed by atoms with Crippen molar-refractivity contribution in [3.63, 3.8) is 0 Å². The lowest BCUT2D eigenvalue weighted by atomic mass is 10.2. The number of rotatable bonds is 7. The lowest BCUT2D eigenvalue weighted by molar-refractivity contribution is -0.137. The highest BCUT2D eigenvalue weighted by Gasteiger charge is 2.20. The largest absolute Gasteiger partial charge is 0.481 e. The van der Waals surface area contributed by atoms with Crippen molar-refractivity contribution in [2.75, 3.05) is 6.54 Å². The number of urea groups is 1. The highest BCUT2D eigenvalue weighted by Crippen LogP contribution is 2.31. The van der Waals surface area contributed by atoms with E-state index in [0.717, 1.165) is 12.3 Å². The van der Waals surface area contributed by atoms with Gasteiger partial charge in [0.2, 0.25) is 0 Å². The molecule has 0 aromatic heterocycles. The van der Waals surface area contributed by atoms with E-state index in [1.54, 1.807) is 0 Å². The van der Waals surface area contributed by atoms with Crippen LogP contribution in [0.15, 0.2) is 0 Å². The molecule has 1 fully saturated rings. The molecule has 1 rings (SSSR count). The van der Waals surface area contributed by atoms with Crippen LogP contribution in [0.2, 0.25) is 0 Å². The van der Waals surface area contributed by atoms with Crippen LogP contribution in [0.25, 0.3) is 0 Å². The number of aliphatic carboxylic acids is 1. The van der Waals surface area contributed by atoms with Crippen molar-refractivity contribution in [2.45, 2.75) is 45.1 Å². The van der Waals surface area contributed by atoms with Gasteiger partial charge in [0.25, 0.3) is 0 Å². The van der Waals surface area contributed by atoms with Crippen LogP contribution in [0.1, 0.15) is 39.0 Å². The zero-order valence-corrected chi connectivity index (χ0v) is 9.66. The van der Waals surface area contributed by atoms with Crippen molar-refractivity contribution >= 4 is 12.0 Å². The Morgan fingerprint density at radius 1 is 1.44 bits per heavy atom. The zero-order valence-electron chi connectivity index (χ0n) is 9.66. The third-order valence-corrected chi connectivity index (χ3v) is 2.70. The van der Waals surface area contributed by atoms with Crippen LogP contribution in [-0.4, -0.2) is 29.7 Å². The van der Waals surface area contributed by atoms with E-state index in [2.05, 4.69) is 10.6 Å². The zero-order chi connectivity index (χ0) is 12.0. The normalized spacial score (nSPS) is 16.6. The predicted molar refractivity (Wildman–Crippen MR) is 60.2 cm³/mol. The van der Waals surface area contributed by atoms with Gasteiger partial charge in [0.15, 0.2) is 0 Å². The number of hydrogen-bond donors (Lipinski definition) is 3. The van der Waals surface area contributed by atoms with Crippen LogP contribution in [-0.2, 0) is 4.79 Å². The highest BCUT2D eigenvalue weighted by atomic mass is 16.4. The summed E-state index contributed by atoms with van der Waals surface area (Å²) >= 11 is 0. The number of nitrogens with one attached hydrogen (secondary N) is 2. The van der Waals surface area contributed by atoms with Crippen LogP contribution < -0.4 is 10.6 Å². The summed E-state index contributed by atoms with van der Waals surface area (Å²) in [5, 5.41) is 14.0. The highest BCUT2D eigenvalue weighted by molar-refractivity contribution is 5.74. The van der Waals surface area contributed by atoms with E-state index in [4.69, 9.17) is 5.11 Å². The van der Waals surface area contributed by atoms with Gasteiger partial charge in [-0.2, -0.15) is 0 Å². The molecule has 0 spiro atoms. The first-order valence-corrected chi connectivity index (χ1v) is 5.84.